The van der Waals surface area contributed by atoms with Crippen LogP contribution in [0.2, 0.25) is 10.0 Å². The molecule has 0 bridgehead atoms. The van der Waals surface area contributed by atoms with Crippen LogP contribution in [0.15, 0.2) is 47.8 Å². The van der Waals surface area contributed by atoms with Crippen LogP contribution in [0.4, 0.5) is 5.69 Å². The van der Waals surface area contributed by atoms with Gasteiger partial charge in [-0.1, -0.05) is 53.2 Å². The van der Waals surface area contributed by atoms with E-state index in [-0.39, 0.29) is 11.2 Å². The highest BCUT2D eigenvalue weighted by atomic mass is 35.5. The van der Waals surface area contributed by atoms with Crippen molar-refractivity contribution >= 4 is 52.2 Å². The summed E-state index contributed by atoms with van der Waals surface area (Å²) >= 11 is 13.4. The van der Waals surface area contributed by atoms with Gasteiger partial charge in [0.1, 0.15) is 0 Å². The van der Waals surface area contributed by atoms with Crippen LogP contribution >= 0.6 is 35.0 Å². The fraction of sp³-hybridized carbons (Fsp3) is 0.133. The molecule has 0 spiro atoms. The highest BCUT2D eigenvalue weighted by Crippen LogP contribution is 2.27. The largest absolute Gasteiger partial charge is 0.325 e. The maximum Gasteiger partial charge on any atom is 0.237 e. The molecule has 0 saturated carbocycles. The molecule has 8 heteroatoms. The van der Waals surface area contributed by atoms with Gasteiger partial charge >= 0.3 is 0 Å². The topological polar surface area (TPSA) is 59.3 Å². The Labute approximate surface area is 147 Å². The second-order valence-corrected chi connectivity index (χ2v) is 6.95. The maximum atomic E-state index is 12.3. The third-order valence-corrected chi connectivity index (χ3v) is 4.63. The Bertz CT molecular complexity index is 853. The van der Waals surface area contributed by atoms with Gasteiger partial charge in [-0.15, -0.1) is 10.2 Å². The second kappa shape index (κ2) is 6.78. The number of rotatable bonds is 4. The monoisotopic (exact) mass is 366 g/mol. The summed E-state index contributed by atoms with van der Waals surface area (Å²) in [5.41, 5.74) is 1.26. The zero-order valence-electron chi connectivity index (χ0n) is 12.0. The Morgan fingerprint density at radius 3 is 2.74 bits per heavy atom. The van der Waals surface area contributed by atoms with E-state index in [0.29, 0.717) is 20.8 Å². The number of carbonyl (C=O) groups excluding carboxylic acids is 1. The number of pyridine rings is 1. The highest BCUT2D eigenvalue weighted by Gasteiger charge is 2.19. The van der Waals surface area contributed by atoms with E-state index in [9.17, 15) is 4.79 Å². The zero-order chi connectivity index (χ0) is 16.4. The fourth-order valence-electron chi connectivity index (χ4n) is 1.96. The van der Waals surface area contributed by atoms with Crippen LogP contribution in [-0.2, 0) is 4.79 Å². The molecule has 23 heavy (non-hydrogen) atoms. The van der Waals surface area contributed by atoms with Crippen molar-refractivity contribution in [2.75, 3.05) is 5.32 Å². The first-order valence-corrected chi connectivity index (χ1v) is 8.40. The number of benzene rings is 1. The zero-order valence-corrected chi connectivity index (χ0v) is 14.4. The first kappa shape index (κ1) is 16.1. The number of hydrogen-bond acceptors (Lipinski definition) is 4. The summed E-state index contributed by atoms with van der Waals surface area (Å²) in [6.07, 6.45) is 1.67. The van der Waals surface area contributed by atoms with Crippen molar-refractivity contribution < 1.29 is 4.79 Å². The number of para-hydroxylation sites is 1. The summed E-state index contributed by atoms with van der Waals surface area (Å²) in [5, 5.41) is 12.0. The van der Waals surface area contributed by atoms with Crippen molar-refractivity contribution in [2.24, 2.45) is 0 Å². The second-order valence-electron chi connectivity index (χ2n) is 4.80. The van der Waals surface area contributed by atoms with Crippen molar-refractivity contribution in [3.63, 3.8) is 0 Å². The van der Waals surface area contributed by atoms with Gasteiger partial charge in [0.2, 0.25) is 5.91 Å². The Morgan fingerprint density at radius 1 is 1.26 bits per heavy atom. The van der Waals surface area contributed by atoms with Gasteiger partial charge in [0.05, 0.1) is 15.3 Å². The van der Waals surface area contributed by atoms with E-state index < -0.39 is 0 Å². The molecule has 1 atom stereocenters. The lowest BCUT2D eigenvalue weighted by Gasteiger charge is -2.11. The van der Waals surface area contributed by atoms with Gasteiger partial charge in [-0.25, -0.2) is 0 Å². The smallest absolute Gasteiger partial charge is 0.237 e. The highest BCUT2D eigenvalue weighted by molar-refractivity contribution is 8.00. The van der Waals surface area contributed by atoms with Crippen molar-refractivity contribution in [3.8, 4) is 0 Å². The first-order chi connectivity index (χ1) is 11.0. The number of nitrogens with zero attached hydrogens (tertiary/aromatic N) is 3. The number of fused-ring (bicyclic) bond motifs is 1. The van der Waals surface area contributed by atoms with Gasteiger partial charge in [-0.2, -0.15) is 0 Å². The molecule has 0 fully saturated rings. The Kier molecular flexibility index (Phi) is 4.75. The maximum absolute atomic E-state index is 12.3. The summed E-state index contributed by atoms with van der Waals surface area (Å²) in [5.74, 6) is -0.119. The number of carbonyl (C=O) groups is 1. The molecule has 2 aromatic heterocycles. The molecule has 3 rings (SSSR count). The van der Waals surface area contributed by atoms with Crippen molar-refractivity contribution in [3.05, 3.63) is 52.6 Å². The molecule has 1 aromatic carbocycles. The Hall–Kier alpha value is -1.76. The number of amides is 1. The van der Waals surface area contributed by atoms with Crippen LogP contribution in [0.3, 0.4) is 0 Å². The minimum Gasteiger partial charge on any atom is -0.325 e. The summed E-state index contributed by atoms with van der Waals surface area (Å²) < 4.78 is 1.68. The van der Waals surface area contributed by atoms with Crippen LogP contribution in [0, 0.1) is 0 Å². The van der Waals surface area contributed by atoms with Crippen LogP contribution < -0.4 is 5.32 Å². The third-order valence-electron chi connectivity index (χ3n) is 3.09. The lowest BCUT2D eigenvalue weighted by Crippen LogP contribution is -2.22. The van der Waals surface area contributed by atoms with Crippen LogP contribution in [-0.4, -0.2) is 25.8 Å². The standard InChI is InChI=1S/C15H12Cl2N4OS/c1-9(14(22)18-11-5-3-2-4-6-11)23-15-20-19-13-12(17)7-10(16)8-21(13)15/h2-9H,1H3,(H,18,22)/t9-/m1/s1. The minimum atomic E-state index is -0.361. The van der Waals surface area contributed by atoms with E-state index in [2.05, 4.69) is 15.5 Å². The number of thioether (sulfide) groups is 1. The van der Waals surface area contributed by atoms with Crippen molar-refractivity contribution in [2.45, 2.75) is 17.3 Å². The van der Waals surface area contributed by atoms with Gasteiger partial charge in [0, 0.05) is 11.9 Å². The van der Waals surface area contributed by atoms with E-state index >= 15 is 0 Å². The molecule has 2 heterocycles. The molecular formula is C15H12Cl2N4OS. The third kappa shape index (κ3) is 3.60. The summed E-state index contributed by atoms with van der Waals surface area (Å²) in [4.78, 5) is 12.3. The normalized spacial score (nSPS) is 12.3. The molecule has 0 saturated heterocycles. The molecule has 0 aliphatic carbocycles. The molecular weight excluding hydrogens is 355 g/mol. The molecule has 118 valence electrons. The molecule has 0 radical (unpaired) electrons. The van der Waals surface area contributed by atoms with Crippen molar-refractivity contribution in [1.29, 1.82) is 0 Å². The van der Waals surface area contributed by atoms with Gasteiger partial charge < -0.3 is 5.32 Å². The number of aromatic nitrogens is 3. The average molecular weight is 367 g/mol. The van der Waals surface area contributed by atoms with E-state index in [4.69, 9.17) is 23.2 Å². The van der Waals surface area contributed by atoms with E-state index in [1.165, 1.54) is 11.8 Å². The molecule has 5 nitrogen and oxygen atoms in total. The quantitative estimate of drug-likeness (QED) is 0.704. The minimum absolute atomic E-state index is 0.119. The van der Waals surface area contributed by atoms with Crippen LogP contribution in [0.1, 0.15) is 6.92 Å². The van der Waals surface area contributed by atoms with Gasteiger partial charge in [0.15, 0.2) is 10.8 Å². The lowest BCUT2D eigenvalue weighted by atomic mass is 10.3. The number of nitrogens with one attached hydrogen (secondary N) is 1. The molecule has 0 aliphatic rings. The van der Waals surface area contributed by atoms with E-state index in [1.807, 2.05) is 30.3 Å². The number of hydrogen-bond donors (Lipinski definition) is 1. The molecule has 3 aromatic rings. The van der Waals surface area contributed by atoms with Gasteiger partial charge in [0.25, 0.3) is 0 Å². The molecule has 1 amide bonds. The fourth-order valence-corrected chi connectivity index (χ4v) is 3.29. The summed E-state index contributed by atoms with van der Waals surface area (Å²) in [6.45, 7) is 1.80. The SMILES string of the molecule is C[C@@H](Sc1nnc2c(Cl)cc(Cl)cn12)C(=O)Nc1ccccc1. The van der Waals surface area contributed by atoms with E-state index in [0.717, 1.165) is 5.69 Å². The summed E-state index contributed by atoms with van der Waals surface area (Å²) in [6, 6.07) is 10.9. The number of anilines is 1. The summed E-state index contributed by atoms with van der Waals surface area (Å²) in [7, 11) is 0. The molecule has 0 aliphatic heterocycles. The van der Waals surface area contributed by atoms with Gasteiger partial charge in [-0.05, 0) is 25.1 Å². The van der Waals surface area contributed by atoms with Crippen LogP contribution in [0.5, 0.6) is 0 Å². The van der Waals surface area contributed by atoms with Crippen LogP contribution in [0.25, 0.3) is 5.65 Å². The predicted molar refractivity (Wildman–Crippen MR) is 93.4 cm³/mol. The predicted octanol–water partition coefficient (Wildman–Crippen LogP) is 4.16. The van der Waals surface area contributed by atoms with Gasteiger partial charge in [-0.3, -0.25) is 9.20 Å². The first-order valence-electron chi connectivity index (χ1n) is 6.77. The van der Waals surface area contributed by atoms with E-state index in [1.54, 1.807) is 23.6 Å². The average Bonchev–Trinajstić information content (AvgIpc) is 2.91. The number of halogens is 2. The lowest BCUT2D eigenvalue weighted by molar-refractivity contribution is -0.115. The van der Waals surface area contributed by atoms with Crippen molar-refractivity contribution in [1.82, 2.24) is 14.6 Å². The molecule has 0 unspecified atom stereocenters. The Morgan fingerprint density at radius 2 is 2.00 bits per heavy atom. The molecule has 1 N–H and O–H groups in total. The Balaban J connectivity index is 1.77.